The third-order valence-corrected chi connectivity index (χ3v) is 6.04. The number of hydrogen-bond acceptors (Lipinski definition) is 4. The number of halogens is 1. The van der Waals surface area contributed by atoms with Crippen LogP contribution in [0.4, 0.5) is 0 Å². The van der Waals surface area contributed by atoms with Gasteiger partial charge in [-0.2, -0.15) is 0 Å². The first-order valence-corrected chi connectivity index (χ1v) is 11.4. The number of aliphatic imine (C=N–C) groups is 1. The number of carbonyl (C=O) groups is 1. The van der Waals surface area contributed by atoms with Crippen molar-refractivity contribution in [2.24, 2.45) is 4.99 Å². The molecule has 2 aliphatic rings. The molecule has 174 valence electrons. The van der Waals surface area contributed by atoms with Crippen LogP contribution in [-0.2, 0) is 13.0 Å². The number of fused-ring (bicyclic) bond motifs is 1. The molecule has 2 aliphatic heterocycles. The predicted octanol–water partition coefficient (Wildman–Crippen LogP) is 3.07. The molecule has 4 rings (SSSR count). The molecule has 0 spiro atoms. The molecule has 0 saturated carbocycles. The number of piperazine rings is 1. The Balaban J connectivity index is 0.00000289. The number of nitrogens with one attached hydrogen (secondary N) is 1. The first kappa shape index (κ1) is 24.6. The molecule has 0 unspecified atom stereocenters. The molecule has 2 aromatic rings. The van der Waals surface area contributed by atoms with E-state index in [1.165, 1.54) is 11.1 Å². The van der Waals surface area contributed by atoms with E-state index in [2.05, 4.69) is 46.3 Å². The van der Waals surface area contributed by atoms with Crippen LogP contribution in [0.3, 0.4) is 0 Å². The van der Waals surface area contributed by atoms with Gasteiger partial charge in [-0.15, -0.1) is 24.0 Å². The smallest absolute Gasteiger partial charge is 0.289 e. The van der Waals surface area contributed by atoms with Crippen molar-refractivity contribution in [3.63, 3.8) is 0 Å². The summed E-state index contributed by atoms with van der Waals surface area (Å²) in [5.74, 6) is 1.33. The summed E-state index contributed by atoms with van der Waals surface area (Å²) in [4.78, 5) is 24.0. The fraction of sp³-hybridized carbons (Fsp3) is 0.500. The van der Waals surface area contributed by atoms with Crippen molar-refractivity contribution in [2.45, 2.75) is 26.3 Å². The Labute approximate surface area is 207 Å². The molecule has 0 aliphatic carbocycles. The van der Waals surface area contributed by atoms with Gasteiger partial charge in [0.15, 0.2) is 11.7 Å². The number of nitrogens with zero attached hydrogens (tertiary/aromatic N) is 4. The van der Waals surface area contributed by atoms with Gasteiger partial charge in [0.25, 0.3) is 5.91 Å². The number of furan rings is 1. The second-order valence-corrected chi connectivity index (χ2v) is 8.14. The molecule has 0 radical (unpaired) electrons. The summed E-state index contributed by atoms with van der Waals surface area (Å²) < 4.78 is 5.25. The van der Waals surface area contributed by atoms with Crippen LogP contribution in [0.25, 0.3) is 0 Å². The van der Waals surface area contributed by atoms with Crippen molar-refractivity contribution in [3.8, 4) is 0 Å². The van der Waals surface area contributed by atoms with Crippen molar-refractivity contribution in [2.75, 3.05) is 52.4 Å². The van der Waals surface area contributed by atoms with Crippen LogP contribution in [0.2, 0.25) is 0 Å². The van der Waals surface area contributed by atoms with Crippen LogP contribution in [0, 0.1) is 0 Å². The van der Waals surface area contributed by atoms with Gasteiger partial charge in [-0.3, -0.25) is 14.7 Å². The van der Waals surface area contributed by atoms with E-state index in [-0.39, 0.29) is 29.9 Å². The lowest BCUT2D eigenvalue weighted by Crippen LogP contribution is -2.53. The average molecular weight is 551 g/mol. The van der Waals surface area contributed by atoms with E-state index in [0.717, 1.165) is 64.6 Å². The highest BCUT2D eigenvalue weighted by atomic mass is 127. The molecule has 1 amide bonds. The van der Waals surface area contributed by atoms with Crippen LogP contribution >= 0.6 is 24.0 Å². The highest BCUT2D eigenvalue weighted by molar-refractivity contribution is 14.0. The van der Waals surface area contributed by atoms with Crippen LogP contribution in [0.1, 0.15) is 35.0 Å². The summed E-state index contributed by atoms with van der Waals surface area (Å²) in [6, 6.07) is 12.2. The Hall–Kier alpha value is -2.07. The van der Waals surface area contributed by atoms with Crippen molar-refractivity contribution in [1.29, 1.82) is 0 Å². The number of amides is 1. The van der Waals surface area contributed by atoms with Gasteiger partial charge in [0, 0.05) is 58.9 Å². The Morgan fingerprint density at radius 1 is 1.03 bits per heavy atom. The third-order valence-electron chi connectivity index (χ3n) is 6.04. The molecule has 1 N–H and O–H groups in total. The molecule has 1 saturated heterocycles. The summed E-state index contributed by atoms with van der Waals surface area (Å²) in [6.45, 7) is 9.91. The molecule has 0 atom stereocenters. The number of benzene rings is 1. The SMILES string of the molecule is CCNC(=NCCCN1CCc2ccccc2C1)N1CCN(C(=O)c2ccco2)CC1.I. The highest BCUT2D eigenvalue weighted by Crippen LogP contribution is 2.18. The normalized spacial score (nSPS) is 17.0. The first-order chi connectivity index (χ1) is 15.2. The first-order valence-electron chi connectivity index (χ1n) is 11.4. The minimum Gasteiger partial charge on any atom is -0.459 e. The van der Waals surface area contributed by atoms with Gasteiger partial charge in [0.05, 0.1) is 6.26 Å². The second-order valence-electron chi connectivity index (χ2n) is 8.14. The lowest BCUT2D eigenvalue weighted by atomic mass is 10.00. The van der Waals surface area contributed by atoms with Crippen LogP contribution in [-0.4, -0.2) is 78.9 Å². The molecular formula is C24H34IN5O2. The Morgan fingerprint density at radius 3 is 2.50 bits per heavy atom. The Morgan fingerprint density at radius 2 is 1.78 bits per heavy atom. The number of hydrogen-bond donors (Lipinski definition) is 1. The van der Waals surface area contributed by atoms with Crippen molar-refractivity contribution in [1.82, 2.24) is 20.0 Å². The van der Waals surface area contributed by atoms with Crippen LogP contribution in [0.15, 0.2) is 52.1 Å². The van der Waals surface area contributed by atoms with E-state index < -0.39 is 0 Å². The number of guanidine groups is 1. The van der Waals surface area contributed by atoms with E-state index >= 15 is 0 Å². The Bertz CT molecular complexity index is 878. The molecule has 1 aromatic carbocycles. The van der Waals surface area contributed by atoms with E-state index in [9.17, 15) is 4.79 Å². The van der Waals surface area contributed by atoms with E-state index in [1.54, 1.807) is 18.4 Å². The summed E-state index contributed by atoms with van der Waals surface area (Å²) in [7, 11) is 0. The maximum atomic E-state index is 12.5. The zero-order valence-corrected chi connectivity index (χ0v) is 21.2. The zero-order chi connectivity index (χ0) is 21.5. The molecule has 8 heteroatoms. The van der Waals surface area contributed by atoms with E-state index in [1.807, 2.05) is 4.90 Å². The second kappa shape index (κ2) is 12.2. The summed E-state index contributed by atoms with van der Waals surface area (Å²) in [5, 5.41) is 3.42. The van der Waals surface area contributed by atoms with Crippen molar-refractivity contribution < 1.29 is 9.21 Å². The fourth-order valence-corrected chi connectivity index (χ4v) is 4.33. The zero-order valence-electron chi connectivity index (χ0n) is 18.8. The van der Waals surface area contributed by atoms with Gasteiger partial charge in [-0.1, -0.05) is 24.3 Å². The highest BCUT2D eigenvalue weighted by Gasteiger charge is 2.25. The summed E-state index contributed by atoms with van der Waals surface area (Å²) >= 11 is 0. The number of carbonyl (C=O) groups excluding carboxylic acids is 1. The standard InChI is InChI=1S/C24H33N5O2.HI/c1-2-25-24(29-16-14-28(15-17-29)23(30)22-9-5-18-31-22)26-11-6-12-27-13-10-20-7-3-4-8-21(20)19-27;/h3-5,7-9,18H,2,6,10-17,19H2,1H3,(H,25,26);1H. The molecule has 1 fully saturated rings. The van der Waals surface area contributed by atoms with Crippen molar-refractivity contribution >= 4 is 35.8 Å². The van der Waals surface area contributed by atoms with E-state index in [4.69, 9.17) is 9.41 Å². The number of rotatable bonds is 6. The van der Waals surface area contributed by atoms with Gasteiger partial charge < -0.3 is 19.5 Å². The van der Waals surface area contributed by atoms with Gasteiger partial charge in [-0.05, 0) is 43.0 Å². The maximum Gasteiger partial charge on any atom is 0.289 e. The van der Waals surface area contributed by atoms with Crippen molar-refractivity contribution in [3.05, 3.63) is 59.5 Å². The van der Waals surface area contributed by atoms with Gasteiger partial charge >= 0.3 is 0 Å². The van der Waals surface area contributed by atoms with Gasteiger partial charge in [0.1, 0.15) is 0 Å². The molecule has 7 nitrogen and oxygen atoms in total. The van der Waals surface area contributed by atoms with Gasteiger partial charge in [0.2, 0.25) is 0 Å². The molecule has 1 aromatic heterocycles. The molecule has 32 heavy (non-hydrogen) atoms. The monoisotopic (exact) mass is 551 g/mol. The fourth-order valence-electron chi connectivity index (χ4n) is 4.33. The lowest BCUT2D eigenvalue weighted by Gasteiger charge is -2.36. The van der Waals surface area contributed by atoms with Gasteiger partial charge in [-0.25, -0.2) is 0 Å². The van der Waals surface area contributed by atoms with Crippen LogP contribution in [0.5, 0.6) is 0 Å². The minimum absolute atomic E-state index is 0. The lowest BCUT2D eigenvalue weighted by molar-refractivity contribution is 0.0657. The maximum absolute atomic E-state index is 12.5. The summed E-state index contributed by atoms with van der Waals surface area (Å²) in [6.07, 6.45) is 3.74. The average Bonchev–Trinajstić information content (AvgIpc) is 3.36. The quantitative estimate of drug-likeness (QED) is 0.259. The summed E-state index contributed by atoms with van der Waals surface area (Å²) in [5.41, 5.74) is 2.96. The predicted molar refractivity (Wildman–Crippen MR) is 138 cm³/mol. The minimum atomic E-state index is -0.0327. The molecule has 0 bridgehead atoms. The Kier molecular flexibility index (Phi) is 9.40. The molecule has 3 heterocycles. The van der Waals surface area contributed by atoms with E-state index in [0.29, 0.717) is 18.8 Å². The molecular weight excluding hydrogens is 517 g/mol. The topological polar surface area (TPSA) is 64.3 Å². The largest absolute Gasteiger partial charge is 0.459 e. The van der Waals surface area contributed by atoms with Crippen LogP contribution < -0.4 is 5.32 Å². The third kappa shape index (κ3) is 6.25.